The maximum Gasteiger partial charge on any atom is 0.265 e. The minimum Gasteiger partial charge on any atom is -0.479 e. The summed E-state index contributed by atoms with van der Waals surface area (Å²) >= 11 is 0. The molecular formula is C23H27FN4O5S. The Balaban J connectivity index is 1.42. The number of nitrogens with one attached hydrogen (secondary N) is 1. The van der Waals surface area contributed by atoms with Crippen molar-refractivity contribution in [3.63, 3.8) is 0 Å². The van der Waals surface area contributed by atoms with Crippen LogP contribution in [0.5, 0.6) is 5.75 Å². The lowest BCUT2D eigenvalue weighted by Gasteiger charge is -2.36. The smallest absolute Gasteiger partial charge is 0.265 e. The Morgan fingerprint density at radius 2 is 1.82 bits per heavy atom. The van der Waals surface area contributed by atoms with Gasteiger partial charge >= 0.3 is 0 Å². The third-order valence-corrected chi connectivity index (χ3v) is 8.02. The van der Waals surface area contributed by atoms with Gasteiger partial charge in [0.2, 0.25) is 15.9 Å². The molecule has 11 heteroatoms. The summed E-state index contributed by atoms with van der Waals surface area (Å²) in [6, 6.07) is 9.13. The second-order valence-corrected chi connectivity index (χ2v) is 10.5. The number of hydrogen-bond donors (Lipinski definition) is 1. The Morgan fingerprint density at radius 3 is 2.47 bits per heavy atom. The normalized spacial score (nSPS) is 18.4. The molecule has 2 aromatic rings. The predicted octanol–water partition coefficient (Wildman–Crippen LogP) is 1.82. The van der Waals surface area contributed by atoms with Gasteiger partial charge in [0.25, 0.3) is 5.91 Å². The van der Waals surface area contributed by atoms with Crippen LogP contribution in [0, 0.1) is 12.7 Å². The van der Waals surface area contributed by atoms with Crippen LogP contribution in [0.2, 0.25) is 0 Å². The van der Waals surface area contributed by atoms with E-state index in [1.807, 2.05) is 0 Å². The number of sulfonamides is 1. The minimum absolute atomic E-state index is 0.0195. The number of hydrogen-bond acceptors (Lipinski definition) is 6. The maximum absolute atomic E-state index is 13.2. The average Bonchev–Trinajstić information content (AvgIpc) is 2.80. The number of aryl methyl sites for hydroxylation is 1. The lowest BCUT2D eigenvalue weighted by atomic mass is 10.1. The van der Waals surface area contributed by atoms with Gasteiger partial charge in [-0.3, -0.25) is 9.59 Å². The first-order chi connectivity index (χ1) is 16.1. The number of anilines is 2. The molecule has 0 spiro atoms. The van der Waals surface area contributed by atoms with Gasteiger partial charge in [0.1, 0.15) is 11.6 Å². The van der Waals surface area contributed by atoms with Gasteiger partial charge in [-0.2, -0.15) is 4.31 Å². The van der Waals surface area contributed by atoms with Crippen LogP contribution >= 0.6 is 0 Å². The van der Waals surface area contributed by atoms with Gasteiger partial charge in [-0.1, -0.05) is 0 Å². The largest absolute Gasteiger partial charge is 0.479 e. The molecule has 182 valence electrons. The Labute approximate surface area is 198 Å². The van der Waals surface area contributed by atoms with Crippen LogP contribution in [0.3, 0.4) is 0 Å². The summed E-state index contributed by atoms with van der Waals surface area (Å²) in [6.45, 7) is 4.91. The van der Waals surface area contributed by atoms with Gasteiger partial charge in [-0.25, -0.2) is 12.8 Å². The highest BCUT2D eigenvalue weighted by Crippen LogP contribution is 2.35. The molecule has 1 N–H and O–H groups in total. The van der Waals surface area contributed by atoms with Crippen molar-refractivity contribution in [2.45, 2.75) is 24.8 Å². The number of nitrogens with zero attached hydrogens (tertiary/aromatic N) is 3. The summed E-state index contributed by atoms with van der Waals surface area (Å²) in [5, 5.41) is 2.70. The summed E-state index contributed by atoms with van der Waals surface area (Å²) in [7, 11) is -2.61. The van der Waals surface area contributed by atoms with E-state index >= 15 is 0 Å². The zero-order chi connectivity index (χ0) is 24.6. The van der Waals surface area contributed by atoms with E-state index in [1.54, 1.807) is 36.9 Å². The molecular weight excluding hydrogens is 463 g/mol. The van der Waals surface area contributed by atoms with E-state index in [0.29, 0.717) is 37.4 Å². The number of halogens is 1. The molecule has 2 heterocycles. The fourth-order valence-electron chi connectivity index (χ4n) is 4.03. The molecule has 0 bridgehead atoms. The summed E-state index contributed by atoms with van der Waals surface area (Å²) in [5.74, 6) is -0.628. The van der Waals surface area contributed by atoms with Gasteiger partial charge in [-0.05, 0) is 49.7 Å². The van der Waals surface area contributed by atoms with Gasteiger partial charge in [0, 0.05) is 45.0 Å². The maximum atomic E-state index is 13.2. The van der Waals surface area contributed by atoms with Crippen LogP contribution in [0.4, 0.5) is 15.8 Å². The van der Waals surface area contributed by atoms with Crippen molar-refractivity contribution >= 4 is 33.2 Å². The van der Waals surface area contributed by atoms with Crippen LogP contribution in [0.25, 0.3) is 0 Å². The number of amides is 2. The molecule has 0 unspecified atom stereocenters. The summed E-state index contributed by atoms with van der Waals surface area (Å²) in [5.41, 5.74) is 1.73. The first kappa shape index (κ1) is 24.0. The van der Waals surface area contributed by atoms with E-state index in [0.717, 1.165) is 9.99 Å². The molecule has 2 aromatic carbocycles. The second kappa shape index (κ2) is 9.22. The number of carbonyl (C=O) groups is 2. The molecule has 4 rings (SSSR count). The molecule has 34 heavy (non-hydrogen) atoms. The second-order valence-electron chi connectivity index (χ2n) is 8.47. The lowest BCUT2D eigenvalue weighted by molar-refractivity contribution is -0.131. The summed E-state index contributed by atoms with van der Waals surface area (Å²) < 4.78 is 46.2. The van der Waals surface area contributed by atoms with E-state index in [-0.39, 0.29) is 34.8 Å². The van der Waals surface area contributed by atoms with E-state index in [9.17, 15) is 22.4 Å². The van der Waals surface area contributed by atoms with Crippen LogP contribution < -0.4 is 15.0 Å². The predicted molar refractivity (Wildman–Crippen MR) is 125 cm³/mol. The molecule has 2 amide bonds. The van der Waals surface area contributed by atoms with Crippen molar-refractivity contribution in [3.05, 3.63) is 47.8 Å². The number of rotatable bonds is 5. The summed E-state index contributed by atoms with van der Waals surface area (Å²) in [6.07, 6.45) is -0.737. The molecule has 2 aliphatic heterocycles. The third-order valence-electron chi connectivity index (χ3n) is 6.08. The Morgan fingerprint density at radius 1 is 1.18 bits per heavy atom. The number of ether oxygens (including phenoxy) is 1. The molecule has 1 fully saturated rings. The first-order valence-electron chi connectivity index (χ1n) is 10.9. The molecule has 0 radical (unpaired) electrons. The number of carbonyl (C=O) groups excluding carboxylic acids is 2. The van der Waals surface area contributed by atoms with Gasteiger partial charge in [0.05, 0.1) is 17.1 Å². The molecule has 2 aliphatic rings. The monoisotopic (exact) mass is 490 g/mol. The van der Waals surface area contributed by atoms with E-state index in [4.69, 9.17) is 4.74 Å². The molecule has 0 saturated carbocycles. The van der Waals surface area contributed by atoms with Gasteiger partial charge in [0.15, 0.2) is 6.10 Å². The van der Waals surface area contributed by atoms with E-state index in [2.05, 4.69) is 10.2 Å². The van der Waals surface area contributed by atoms with E-state index < -0.39 is 16.1 Å². The van der Waals surface area contributed by atoms with Crippen LogP contribution in [0.15, 0.2) is 41.3 Å². The molecule has 0 aliphatic carbocycles. The fourth-order valence-corrected chi connectivity index (χ4v) is 5.37. The lowest BCUT2D eigenvalue weighted by Crippen LogP contribution is -2.51. The molecule has 0 aromatic heterocycles. The van der Waals surface area contributed by atoms with Crippen LogP contribution in [-0.2, 0) is 19.6 Å². The van der Waals surface area contributed by atoms with E-state index in [1.165, 1.54) is 25.2 Å². The zero-order valence-electron chi connectivity index (χ0n) is 19.2. The van der Waals surface area contributed by atoms with Gasteiger partial charge in [-0.15, -0.1) is 0 Å². The average molecular weight is 491 g/mol. The van der Waals surface area contributed by atoms with Crippen molar-refractivity contribution in [2.24, 2.45) is 0 Å². The van der Waals surface area contributed by atoms with Crippen molar-refractivity contribution in [1.82, 2.24) is 9.21 Å². The first-order valence-corrected chi connectivity index (χ1v) is 12.4. The van der Waals surface area contributed by atoms with Crippen LogP contribution in [0.1, 0.15) is 12.5 Å². The van der Waals surface area contributed by atoms with Crippen molar-refractivity contribution in [2.75, 3.05) is 50.0 Å². The Hall–Kier alpha value is -3.18. The summed E-state index contributed by atoms with van der Waals surface area (Å²) in [4.78, 5) is 28.4. The topological polar surface area (TPSA) is 99.3 Å². The van der Waals surface area contributed by atoms with Crippen LogP contribution in [-0.4, -0.2) is 75.3 Å². The number of fused-ring (bicyclic) bond motifs is 1. The molecule has 1 saturated heterocycles. The SMILES string of the molecule is Cc1cc2c(cc1S(=O)(=O)N(C)CC(=O)N1CCN(c3ccc(F)cc3)CC1)O[C@@H](C)C(=O)N2. The highest BCUT2D eigenvalue weighted by atomic mass is 32.2. The Kier molecular flexibility index (Phi) is 6.50. The standard InChI is InChI=1S/C23H27FN4O5S/c1-15-12-19-20(33-16(2)23(30)25-19)13-21(15)34(31,32)26(3)14-22(29)28-10-8-27(9-11-28)18-6-4-17(24)5-7-18/h4-7,12-13,16H,8-11,14H2,1-3H3,(H,25,30)/t16-/m0/s1. The van der Waals surface area contributed by atoms with Gasteiger partial charge < -0.3 is 19.9 Å². The quantitative estimate of drug-likeness (QED) is 0.687. The number of likely N-dealkylation sites (N-methyl/N-ethyl adjacent to an activating group) is 1. The molecule has 9 nitrogen and oxygen atoms in total. The number of piperazine rings is 1. The highest BCUT2D eigenvalue weighted by Gasteiger charge is 2.31. The zero-order valence-corrected chi connectivity index (χ0v) is 20.1. The minimum atomic E-state index is -3.98. The third kappa shape index (κ3) is 4.71. The highest BCUT2D eigenvalue weighted by molar-refractivity contribution is 7.89. The fraction of sp³-hybridized carbons (Fsp3) is 0.391. The number of benzene rings is 2. The Bertz CT molecular complexity index is 1210. The van der Waals surface area contributed by atoms with Crippen molar-refractivity contribution in [1.29, 1.82) is 0 Å². The van der Waals surface area contributed by atoms with Crippen molar-refractivity contribution in [3.8, 4) is 5.75 Å². The van der Waals surface area contributed by atoms with Crippen molar-refractivity contribution < 1.29 is 27.1 Å². The molecule has 1 atom stereocenters.